The molecule has 3 N–H and O–H groups in total. The van der Waals surface area contributed by atoms with E-state index >= 15 is 0 Å². The summed E-state index contributed by atoms with van der Waals surface area (Å²) in [6.45, 7) is 13.8. The number of rotatable bonds is 19. The molecule has 13 heteroatoms. The van der Waals surface area contributed by atoms with Crippen molar-refractivity contribution in [1.82, 2.24) is 5.32 Å². The Bertz CT molecular complexity index is 793. The van der Waals surface area contributed by atoms with Crippen LogP contribution in [0.25, 0.3) is 0 Å². The molecule has 0 aromatic heterocycles. The first-order chi connectivity index (χ1) is 18.5. The van der Waals surface area contributed by atoms with E-state index in [1.54, 1.807) is 13.8 Å². The summed E-state index contributed by atoms with van der Waals surface area (Å²) in [6, 6.07) is 0. The van der Waals surface area contributed by atoms with Gasteiger partial charge in [0.25, 0.3) is 0 Å². The summed E-state index contributed by atoms with van der Waals surface area (Å²) >= 11 is 0. The van der Waals surface area contributed by atoms with Gasteiger partial charge in [-0.25, -0.2) is 4.79 Å². The van der Waals surface area contributed by atoms with E-state index in [-0.39, 0.29) is 31.7 Å². The number of unbranched alkanes of at least 4 members (excludes halogenated alkanes) is 3. The van der Waals surface area contributed by atoms with Gasteiger partial charge in [0.2, 0.25) is 0 Å². The summed E-state index contributed by atoms with van der Waals surface area (Å²) in [5.41, 5.74) is -1.10. The summed E-state index contributed by atoms with van der Waals surface area (Å²) in [6.07, 6.45) is 4.87. The minimum atomic E-state index is -4.06. The molecular formula is C27H52NO11P. The normalized spacial score (nSPS) is 11.5. The number of hydrogen-bond acceptors (Lipinski definition) is 9. The van der Waals surface area contributed by atoms with Gasteiger partial charge in [-0.3, -0.25) is 18.9 Å². The Hall–Kier alpha value is -2.17. The quantitative estimate of drug-likeness (QED) is 0.0812. The van der Waals surface area contributed by atoms with Crippen molar-refractivity contribution in [2.24, 2.45) is 10.8 Å². The van der Waals surface area contributed by atoms with Crippen LogP contribution in [0.3, 0.4) is 0 Å². The van der Waals surface area contributed by atoms with Crippen molar-refractivity contribution >= 4 is 31.6 Å². The predicted molar refractivity (Wildman–Crippen MR) is 151 cm³/mol. The summed E-state index contributed by atoms with van der Waals surface area (Å²) < 4.78 is 30.4. The Morgan fingerprint density at radius 2 is 1.23 bits per heavy atom. The maximum absolute atomic E-state index is 11.7. The molecule has 12 nitrogen and oxygen atoms in total. The third-order valence-electron chi connectivity index (χ3n) is 6.11. The molecule has 0 rings (SSSR count). The first kappa shape index (κ1) is 40.0. The third kappa shape index (κ3) is 22.6. The molecule has 1 amide bonds. The minimum Gasteiger partial charge on any atom is -0.466 e. The van der Waals surface area contributed by atoms with Gasteiger partial charge >= 0.3 is 31.6 Å². The van der Waals surface area contributed by atoms with Crippen LogP contribution in [0.1, 0.15) is 99.8 Å². The Morgan fingerprint density at radius 3 is 1.73 bits per heavy atom. The molecule has 0 saturated heterocycles. The fraction of sp³-hybridized carbons (Fsp3) is 0.852. The summed E-state index contributed by atoms with van der Waals surface area (Å²) in [7, 11) is -4.06. The topological polar surface area (TPSA) is 175 Å². The average molecular weight is 598 g/mol. The number of amides is 1. The van der Waals surface area contributed by atoms with E-state index in [0.29, 0.717) is 38.9 Å². The maximum Gasteiger partial charge on any atom is 0.407 e. The van der Waals surface area contributed by atoms with E-state index in [1.165, 1.54) is 0 Å². The van der Waals surface area contributed by atoms with Gasteiger partial charge in [-0.1, -0.05) is 27.2 Å². The number of carbonyl (C=O) groups excluding carboxylic acids is 4. The van der Waals surface area contributed by atoms with Crippen molar-refractivity contribution in [3.63, 3.8) is 0 Å². The van der Waals surface area contributed by atoms with Gasteiger partial charge in [-0.05, 0) is 66.2 Å². The lowest BCUT2D eigenvalue weighted by atomic mass is 9.91. The molecule has 0 aliphatic carbocycles. The lowest BCUT2D eigenvalue weighted by Crippen LogP contribution is -2.32. The van der Waals surface area contributed by atoms with Gasteiger partial charge in [0, 0.05) is 6.42 Å². The van der Waals surface area contributed by atoms with Crippen LogP contribution in [-0.2, 0) is 37.9 Å². The van der Waals surface area contributed by atoms with E-state index in [2.05, 4.69) is 5.32 Å². The van der Waals surface area contributed by atoms with Crippen LogP contribution >= 0.6 is 7.60 Å². The van der Waals surface area contributed by atoms with E-state index in [1.807, 2.05) is 34.6 Å². The molecule has 40 heavy (non-hydrogen) atoms. The number of carbonyl (C=O) groups is 4. The first-order valence-corrected chi connectivity index (χ1v) is 15.8. The van der Waals surface area contributed by atoms with Gasteiger partial charge in [0.15, 0.2) is 0 Å². The highest BCUT2D eigenvalue weighted by Gasteiger charge is 2.28. The molecule has 0 radical (unpaired) electrons. The predicted octanol–water partition coefficient (Wildman–Crippen LogP) is 4.74. The lowest BCUT2D eigenvalue weighted by molar-refractivity contribution is -0.154. The molecule has 0 spiro atoms. The molecular weight excluding hydrogens is 545 g/mol. The standard InChI is InChI=1S/C19H35NO6.C8H17O5P/c1-5-7-13-24-16(21)11-9-8-10-14-26-18(23)20-12-15-25-17(22)19(3,4)6-2;1-4-8(2,3)7(9)13-5-6-14(10,11)12/h5-15H2,1-4H3,(H,20,23);4-6H2,1-3H3,(H2,10,11,12). The molecule has 0 aliphatic heterocycles. The average Bonchev–Trinajstić information content (AvgIpc) is 2.88. The highest BCUT2D eigenvalue weighted by Crippen LogP contribution is 2.33. The Kier molecular flexibility index (Phi) is 21.5. The summed E-state index contributed by atoms with van der Waals surface area (Å²) in [5.74, 6) is -0.866. The molecule has 0 aromatic carbocycles. The van der Waals surface area contributed by atoms with E-state index in [4.69, 9.17) is 28.7 Å². The first-order valence-electron chi connectivity index (χ1n) is 14.0. The number of esters is 3. The Morgan fingerprint density at radius 1 is 0.700 bits per heavy atom. The van der Waals surface area contributed by atoms with Crippen LogP contribution in [0.5, 0.6) is 0 Å². The molecule has 0 heterocycles. The van der Waals surface area contributed by atoms with Crippen LogP contribution in [0.4, 0.5) is 4.79 Å². The second kappa shape index (κ2) is 21.6. The van der Waals surface area contributed by atoms with E-state index in [0.717, 1.165) is 25.7 Å². The molecule has 0 aromatic rings. The van der Waals surface area contributed by atoms with Crippen LogP contribution in [-0.4, -0.2) is 72.9 Å². The van der Waals surface area contributed by atoms with Crippen LogP contribution in [0.2, 0.25) is 0 Å². The number of hydrogen-bond donors (Lipinski definition) is 3. The Balaban J connectivity index is 0. The molecule has 0 saturated carbocycles. The van der Waals surface area contributed by atoms with E-state index < -0.39 is 36.7 Å². The smallest absolute Gasteiger partial charge is 0.407 e. The van der Waals surface area contributed by atoms with Crippen LogP contribution in [0.15, 0.2) is 0 Å². The number of alkyl carbamates (subject to hydrolysis) is 1. The third-order valence-corrected chi connectivity index (χ3v) is 6.88. The number of ether oxygens (including phenoxy) is 4. The second-order valence-electron chi connectivity index (χ2n) is 10.6. The largest absolute Gasteiger partial charge is 0.466 e. The van der Waals surface area contributed by atoms with Crippen molar-refractivity contribution < 1.29 is 52.5 Å². The van der Waals surface area contributed by atoms with Gasteiger partial charge in [-0.15, -0.1) is 0 Å². The fourth-order valence-electron chi connectivity index (χ4n) is 2.40. The van der Waals surface area contributed by atoms with Crippen molar-refractivity contribution in [1.29, 1.82) is 0 Å². The molecule has 0 aliphatic rings. The van der Waals surface area contributed by atoms with Crippen molar-refractivity contribution in [2.75, 3.05) is 39.1 Å². The SMILES string of the molecule is CCC(C)(C)C(=O)OCCP(=O)(O)O.CCCCOC(=O)CCCCCOC(=O)NCCOC(=O)C(C)(C)CC. The number of nitrogens with one attached hydrogen (secondary N) is 1. The molecule has 0 atom stereocenters. The highest BCUT2D eigenvalue weighted by molar-refractivity contribution is 7.51. The highest BCUT2D eigenvalue weighted by atomic mass is 31.2. The van der Waals surface area contributed by atoms with Crippen LogP contribution in [0, 0.1) is 10.8 Å². The van der Waals surface area contributed by atoms with Crippen molar-refractivity contribution in [3.05, 3.63) is 0 Å². The zero-order chi connectivity index (χ0) is 31.2. The molecule has 0 fully saturated rings. The molecule has 0 bridgehead atoms. The van der Waals surface area contributed by atoms with Crippen LogP contribution < -0.4 is 5.32 Å². The fourth-order valence-corrected chi connectivity index (χ4v) is 2.73. The second-order valence-corrected chi connectivity index (χ2v) is 12.4. The van der Waals surface area contributed by atoms with Gasteiger partial charge in [0.05, 0.1) is 36.8 Å². The van der Waals surface area contributed by atoms with Crippen molar-refractivity contribution in [3.8, 4) is 0 Å². The maximum atomic E-state index is 11.7. The monoisotopic (exact) mass is 597 g/mol. The summed E-state index contributed by atoms with van der Waals surface area (Å²) in [5, 5.41) is 2.53. The zero-order valence-electron chi connectivity index (χ0n) is 25.4. The van der Waals surface area contributed by atoms with E-state index in [9.17, 15) is 23.7 Å². The lowest BCUT2D eigenvalue weighted by Gasteiger charge is -2.20. The van der Waals surface area contributed by atoms with Gasteiger partial charge in [0.1, 0.15) is 13.2 Å². The zero-order valence-corrected chi connectivity index (χ0v) is 26.3. The van der Waals surface area contributed by atoms with Gasteiger partial charge in [-0.2, -0.15) is 0 Å². The molecule has 0 unspecified atom stereocenters. The Labute approximate surface area is 239 Å². The van der Waals surface area contributed by atoms with Gasteiger partial charge < -0.3 is 34.1 Å². The molecule has 236 valence electrons. The minimum absolute atomic E-state index is 0.123. The van der Waals surface area contributed by atoms with Crippen molar-refractivity contribution in [2.45, 2.75) is 99.8 Å². The summed E-state index contributed by atoms with van der Waals surface area (Å²) in [4.78, 5) is 62.9.